The maximum Gasteiger partial charge on any atom is 0.214 e. The number of para-hydroxylation sites is 2. The summed E-state index contributed by atoms with van der Waals surface area (Å²) in [5.41, 5.74) is 6.16. The molecule has 20 heavy (non-hydrogen) atoms. The molecule has 0 radical (unpaired) electrons. The quantitative estimate of drug-likeness (QED) is 0.584. The zero-order valence-corrected chi connectivity index (χ0v) is 12.4. The van der Waals surface area contributed by atoms with Crippen molar-refractivity contribution in [1.82, 2.24) is 4.72 Å². The SMILES string of the molecule is CCC(O)CCNS(=O)(=O)CCOc1ccccc1N. The Balaban J connectivity index is 2.31. The van der Waals surface area contributed by atoms with Crippen molar-refractivity contribution in [3.05, 3.63) is 24.3 Å². The van der Waals surface area contributed by atoms with Crippen LogP contribution in [0.5, 0.6) is 5.75 Å². The average Bonchev–Trinajstić information content (AvgIpc) is 2.40. The van der Waals surface area contributed by atoms with Gasteiger partial charge < -0.3 is 15.6 Å². The van der Waals surface area contributed by atoms with Crippen molar-refractivity contribution >= 4 is 15.7 Å². The first-order chi connectivity index (χ1) is 9.44. The number of rotatable bonds is 9. The Kier molecular flexibility index (Phi) is 6.77. The normalized spacial score (nSPS) is 13.1. The molecule has 1 aromatic rings. The van der Waals surface area contributed by atoms with E-state index in [0.717, 1.165) is 0 Å². The lowest BCUT2D eigenvalue weighted by atomic mass is 10.2. The van der Waals surface area contributed by atoms with Crippen LogP contribution in [0.2, 0.25) is 0 Å². The molecular formula is C13H22N2O4S. The van der Waals surface area contributed by atoms with Crippen LogP contribution in [0.15, 0.2) is 24.3 Å². The molecule has 0 saturated heterocycles. The van der Waals surface area contributed by atoms with E-state index in [1.807, 2.05) is 6.92 Å². The smallest absolute Gasteiger partial charge is 0.214 e. The third-order valence-corrected chi connectivity index (χ3v) is 4.15. The molecule has 0 aliphatic rings. The molecule has 7 heteroatoms. The number of hydrogen-bond donors (Lipinski definition) is 3. The summed E-state index contributed by atoms with van der Waals surface area (Å²) in [7, 11) is -3.40. The van der Waals surface area contributed by atoms with Gasteiger partial charge in [-0.1, -0.05) is 19.1 Å². The molecular weight excluding hydrogens is 280 g/mol. The van der Waals surface area contributed by atoms with Crippen molar-refractivity contribution in [1.29, 1.82) is 0 Å². The zero-order valence-electron chi connectivity index (χ0n) is 11.6. The fourth-order valence-electron chi connectivity index (χ4n) is 1.53. The lowest BCUT2D eigenvalue weighted by Gasteiger charge is -2.11. The number of nitrogens with two attached hydrogens (primary N) is 1. The number of hydrogen-bond acceptors (Lipinski definition) is 5. The summed E-state index contributed by atoms with van der Waals surface area (Å²) in [6.45, 7) is 2.10. The van der Waals surface area contributed by atoms with Crippen LogP contribution in [0, 0.1) is 0 Å². The molecule has 0 bridgehead atoms. The molecule has 0 aliphatic carbocycles. The second-order valence-electron chi connectivity index (χ2n) is 4.45. The van der Waals surface area contributed by atoms with E-state index >= 15 is 0 Å². The maximum atomic E-state index is 11.7. The second kappa shape index (κ2) is 8.08. The van der Waals surface area contributed by atoms with Crippen molar-refractivity contribution in [3.63, 3.8) is 0 Å². The molecule has 0 amide bonds. The second-order valence-corrected chi connectivity index (χ2v) is 6.38. The summed E-state index contributed by atoms with van der Waals surface area (Å²) in [6, 6.07) is 6.92. The van der Waals surface area contributed by atoms with E-state index in [0.29, 0.717) is 24.3 Å². The lowest BCUT2D eigenvalue weighted by molar-refractivity contribution is 0.162. The first-order valence-corrected chi connectivity index (χ1v) is 8.22. The minimum absolute atomic E-state index is 0.0277. The molecule has 0 saturated carbocycles. The third-order valence-electron chi connectivity index (χ3n) is 2.80. The van der Waals surface area contributed by atoms with Gasteiger partial charge in [0.25, 0.3) is 0 Å². The van der Waals surface area contributed by atoms with Crippen LogP contribution < -0.4 is 15.2 Å². The standard InChI is InChI=1S/C13H22N2O4S/c1-2-11(16)7-8-15-20(17,18)10-9-19-13-6-4-3-5-12(13)14/h3-6,11,15-16H,2,7-10,14H2,1H3. The Morgan fingerprint density at radius 2 is 2.10 bits per heavy atom. The van der Waals surface area contributed by atoms with Gasteiger partial charge in [-0.15, -0.1) is 0 Å². The zero-order chi connectivity index (χ0) is 15.0. The summed E-state index contributed by atoms with van der Waals surface area (Å²) in [4.78, 5) is 0. The number of sulfonamides is 1. The molecule has 0 aromatic heterocycles. The summed E-state index contributed by atoms with van der Waals surface area (Å²) in [6.07, 6.45) is 0.540. The van der Waals surface area contributed by atoms with Gasteiger partial charge in [0, 0.05) is 6.54 Å². The van der Waals surface area contributed by atoms with Gasteiger partial charge in [-0.05, 0) is 25.0 Å². The van der Waals surface area contributed by atoms with E-state index in [1.54, 1.807) is 24.3 Å². The summed E-state index contributed by atoms with van der Waals surface area (Å²) < 4.78 is 31.1. The first-order valence-electron chi connectivity index (χ1n) is 6.57. The lowest BCUT2D eigenvalue weighted by Crippen LogP contribution is -2.31. The third kappa shape index (κ3) is 6.23. The highest BCUT2D eigenvalue weighted by Crippen LogP contribution is 2.19. The molecule has 1 atom stereocenters. The van der Waals surface area contributed by atoms with Gasteiger partial charge in [0.15, 0.2) is 0 Å². The predicted octanol–water partition coefficient (Wildman–Crippen LogP) is 0.728. The molecule has 0 fully saturated rings. The fourth-order valence-corrected chi connectivity index (χ4v) is 2.41. The van der Waals surface area contributed by atoms with E-state index < -0.39 is 16.1 Å². The highest BCUT2D eigenvalue weighted by molar-refractivity contribution is 7.89. The van der Waals surface area contributed by atoms with E-state index in [4.69, 9.17) is 10.5 Å². The van der Waals surface area contributed by atoms with Gasteiger partial charge in [-0.2, -0.15) is 0 Å². The Morgan fingerprint density at radius 3 is 2.75 bits per heavy atom. The van der Waals surface area contributed by atoms with Gasteiger partial charge in [0.2, 0.25) is 10.0 Å². The summed E-state index contributed by atoms with van der Waals surface area (Å²) >= 11 is 0. The monoisotopic (exact) mass is 302 g/mol. The Morgan fingerprint density at radius 1 is 1.40 bits per heavy atom. The van der Waals surface area contributed by atoms with Crippen molar-refractivity contribution in [2.75, 3.05) is 24.6 Å². The largest absolute Gasteiger partial charge is 0.490 e. The average molecular weight is 302 g/mol. The van der Waals surface area contributed by atoms with E-state index in [1.165, 1.54) is 0 Å². The highest BCUT2D eigenvalue weighted by atomic mass is 32.2. The van der Waals surface area contributed by atoms with Gasteiger partial charge >= 0.3 is 0 Å². The van der Waals surface area contributed by atoms with Gasteiger partial charge in [0.05, 0.1) is 17.5 Å². The molecule has 1 rings (SSSR count). The summed E-state index contributed by atoms with van der Waals surface area (Å²) in [5, 5.41) is 9.34. The number of aliphatic hydroxyl groups excluding tert-OH is 1. The first kappa shape index (κ1) is 16.7. The van der Waals surface area contributed by atoms with E-state index in [-0.39, 0.29) is 18.9 Å². The molecule has 4 N–H and O–H groups in total. The number of nitrogen functional groups attached to an aromatic ring is 1. The minimum Gasteiger partial charge on any atom is -0.490 e. The van der Waals surface area contributed by atoms with Crippen molar-refractivity contribution in [2.24, 2.45) is 0 Å². The predicted molar refractivity (Wildman–Crippen MR) is 79.1 cm³/mol. The van der Waals surface area contributed by atoms with Crippen LogP contribution in [-0.4, -0.2) is 38.5 Å². The molecule has 0 aliphatic heterocycles. The number of nitrogens with one attached hydrogen (secondary N) is 1. The number of ether oxygens (including phenoxy) is 1. The van der Waals surface area contributed by atoms with Crippen LogP contribution in [0.1, 0.15) is 19.8 Å². The molecule has 6 nitrogen and oxygen atoms in total. The van der Waals surface area contributed by atoms with Crippen LogP contribution in [0.4, 0.5) is 5.69 Å². The Labute approximate surface area is 120 Å². The van der Waals surface area contributed by atoms with Crippen molar-refractivity contribution in [2.45, 2.75) is 25.9 Å². The molecule has 1 unspecified atom stereocenters. The number of aliphatic hydroxyl groups is 1. The fraction of sp³-hybridized carbons (Fsp3) is 0.538. The van der Waals surface area contributed by atoms with E-state index in [9.17, 15) is 13.5 Å². The van der Waals surface area contributed by atoms with Crippen LogP contribution >= 0.6 is 0 Å². The van der Waals surface area contributed by atoms with Crippen LogP contribution in [0.25, 0.3) is 0 Å². The van der Waals surface area contributed by atoms with Crippen LogP contribution in [0.3, 0.4) is 0 Å². The molecule has 0 heterocycles. The highest BCUT2D eigenvalue weighted by Gasteiger charge is 2.11. The molecule has 1 aromatic carbocycles. The number of anilines is 1. The van der Waals surface area contributed by atoms with E-state index in [2.05, 4.69) is 4.72 Å². The van der Waals surface area contributed by atoms with Gasteiger partial charge in [0.1, 0.15) is 12.4 Å². The maximum absolute atomic E-state index is 11.7. The van der Waals surface area contributed by atoms with Gasteiger partial charge in [-0.3, -0.25) is 0 Å². The molecule has 114 valence electrons. The Bertz CT molecular complexity index is 505. The number of benzene rings is 1. The van der Waals surface area contributed by atoms with Crippen molar-refractivity contribution in [3.8, 4) is 5.75 Å². The van der Waals surface area contributed by atoms with Crippen LogP contribution in [-0.2, 0) is 10.0 Å². The molecule has 0 spiro atoms. The Hall–Kier alpha value is -1.31. The van der Waals surface area contributed by atoms with Gasteiger partial charge in [-0.25, -0.2) is 13.1 Å². The minimum atomic E-state index is -3.40. The topological polar surface area (TPSA) is 102 Å². The van der Waals surface area contributed by atoms with Crippen molar-refractivity contribution < 1.29 is 18.3 Å². The summed E-state index contributed by atoms with van der Waals surface area (Å²) in [5.74, 6) is 0.327.